The molecule has 1 aromatic carbocycles. The molecule has 0 aliphatic carbocycles. The van der Waals surface area contributed by atoms with Crippen molar-refractivity contribution in [1.29, 1.82) is 0 Å². The summed E-state index contributed by atoms with van der Waals surface area (Å²) in [6.45, 7) is 14.1. The lowest BCUT2D eigenvalue weighted by molar-refractivity contribution is 0.428. The fourth-order valence-electron chi connectivity index (χ4n) is 2.62. The number of aryl methyl sites for hydroxylation is 2. The van der Waals surface area contributed by atoms with Gasteiger partial charge in [-0.2, -0.15) is 0 Å². The zero-order valence-electron chi connectivity index (χ0n) is 12.4. The topological polar surface area (TPSA) is 3.24 Å². The minimum absolute atomic E-state index is 0.510. The number of hydrogen-bond donors (Lipinski definition) is 0. The molecule has 0 heterocycles. The molecule has 0 amide bonds. The van der Waals surface area contributed by atoms with E-state index in [0.29, 0.717) is 18.7 Å². The molecule has 1 nitrogen and oxygen atoms in total. The van der Waals surface area contributed by atoms with Crippen LogP contribution in [0.2, 0.25) is 5.82 Å². The van der Waals surface area contributed by atoms with E-state index in [4.69, 9.17) is 0 Å². The van der Waals surface area contributed by atoms with Gasteiger partial charge in [0.25, 0.3) is 6.85 Å². The van der Waals surface area contributed by atoms with Crippen LogP contribution < -0.4 is 5.46 Å². The van der Waals surface area contributed by atoms with E-state index in [2.05, 4.69) is 71.6 Å². The van der Waals surface area contributed by atoms with Crippen molar-refractivity contribution in [2.24, 2.45) is 0 Å². The molecule has 1 aromatic rings. The Labute approximate surface area is 107 Å². The molecule has 1 rings (SSSR count). The van der Waals surface area contributed by atoms with Crippen molar-refractivity contribution >= 4 is 12.3 Å². The van der Waals surface area contributed by atoms with Crippen molar-refractivity contribution in [1.82, 2.24) is 4.81 Å². The number of rotatable bonds is 4. The van der Waals surface area contributed by atoms with Gasteiger partial charge in [0.1, 0.15) is 0 Å². The SMILES string of the molecule is Cc1cccc(C)c1B(C(C)C)N(C)C(C)C. The van der Waals surface area contributed by atoms with Crippen LogP contribution >= 0.6 is 0 Å². The Kier molecular flexibility index (Phi) is 4.82. The number of hydrogen-bond acceptors (Lipinski definition) is 1. The zero-order chi connectivity index (χ0) is 13.2. The summed E-state index contributed by atoms with van der Waals surface area (Å²) in [5.41, 5.74) is 4.34. The predicted molar refractivity (Wildman–Crippen MR) is 79.3 cm³/mol. The van der Waals surface area contributed by atoms with Crippen LogP contribution in [0.4, 0.5) is 0 Å². The lowest BCUT2D eigenvalue weighted by Gasteiger charge is -2.33. The first-order chi connectivity index (χ1) is 7.86. The molecular weight excluding hydrogens is 205 g/mol. The van der Waals surface area contributed by atoms with Crippen LogP contribution in [0.1, 0.15) is 38.8 Å². The van der Waals surface area contributed by atoms with Crippen molar-refractivity contribution in [2.45, 2.75) is 53.4 Å². The summed E-state index contributed by atoms with van der Waals surface area (Å²) in [6.07, 6.45) is 0. The van der Waals surface area contributed by atoms with Gasteiger partial charge in [-0.05, 0) is 32.8 Å². The maximum Gasteiger partial charge on any atom is 0.260 e. The molecule has 0 bridgehead atoms. The van der Waals surface area contributed by atoms with Crippen LogP contribution in [-0.2, 0) is 0 Å². The second kappa shape index (κ2) is 5.73. The van der Waals surface area contributed by atoms with E-state index in [-0.39, 0.29) is 0 Å². The van der Waals surface area contributed by atoms with Gasteiger partial charge in [0.2, 0.25) is 0 Å². The Hall–Kier alpha value is -0.755. The van der Waals surface area contributed by atoms with Crippen LogP contribution in [0.15, 0.2) is 18.2 Å². The van der Waals surface area contributed by atoms with E-state index in [1.165, 1.54) is 16.6 Å². The summed E-state index contributed by atoms with van der Waals surface area (Å²) in [6, 6.07) is 7.18. The fraction of sp³-hybridized carbons (Fsp3) is 0.600. The fourth-order valence-corrected chi connectivity index (χ4v) is 2.62. The second-order valence-corrected chi connectivity index (χ2v) is 5.75. The quantitative estimate of drug-likeness (QED) is 0.719. The highest BCUT2D eigenvalue weighted by molar-refractivity contribution is 6.72. The average Bonchev–Trinajstić information content (AvgIpc) is 2.22. The Balaban J connectivity index is 3.23. The predicted octanol–water partition coefficient (Wildman–Crippen LogP) is 3.25. The molecule has 0 spiro atoms. The summed E-state index contributed by atoms with van der Waals surface area (Å²) < 4.78 is 0. The molecule has 0 aromatic heterocycles. The summed E-state index contributed by atoms with van der Waals surface area (Å²) in [4.78, 5) is 2.49. The maximum absolute atomic E-state index is 2.49. The molecular formula is C15H26BN. The standard InChI is InChI=1S/C15H26BN/c1-11(2)16(17(7)12(3)4)15-13(5)9-8-10-14(15)6/h8-12H,1-7H3. The second-order valence-electron chi connectivity index (χ2n) is 5.75. The summed E-state index contributed by atoms with van der Waals surface area (Å²) in [5.74, 6) is 0.627. The van der Waals surface area contributed by atoms with E-state index in [0.717, 1.165) is 0 Å². The number of nitrogens with zero attached hydrogens (tertiary/aromatic N) is 1. The lowest BCUT2D eigenvalue weighted by atomic mass is 9.44. The highest BCUT2D eigenvalue weighted by Crippen LogP contribution is 2.16. The summed E-state index contributed by atoms with van der Waals surface area (Å²) >= 11 is 0. The van der Waals surface area contributed by atoms with Gasteiger partial charge < -0.3 is 4.81 Å². The van der Waals surface area contributed by atoms with Gasteiger partial charge in [0, 0.05) is 0 Å². The van der Waals surface area contributed by atoms with E-state index < -0.39 is 0 Å². The van der Waals surface area contributed by atoms with Gasteiger partial charge >= 0.3 is 0 Å². The first-order valence-corrected chi connectivity index (χ1v) is 6.64. The molecule has 0 unspecified atom stereocenters. The van der Waals surface area contributed by atoms with Crippen LogP contribution in [0.25, 0.3) is 0 Å². The molecule has 94 valence electrons. The molecule has 0 N–H and O–H groups in total. The van der Waals surface area contributed by atoms with E-state index >= 15 is 0 Å². The maximum atomic E-state index is 2.49. The molecule has 0 aliphatic heterocycles. The molecule has 0 fully saturated rings. The largest absolute Gasteiger partial charge is 0.338 e. The van der Waals surface area contributed by atoms with Gasteiger partial charge in [0.05, 0.1) is 0 Å². The monoisotopic (exact) mass is 231 g/mol. The third kappa shape index (κ3) is 3.13. The zero-order valence-corrected chi connectivity index (χ0v) is 12.4. The smallest absolute Gasteiger partial charge is 0.260 e. The van der Waals surface area contributed by atoms with Gasteiger partial charge in [-0.15, -0.1) is 0 Å². The lowest BCUT2D eigenvalue weighted by Crippen LogP contribution is -2.52. The van der Waals surface area contributed by atoms with Crippen molar-refractivity contribution < 1.29 is 0 Å². The van der Waals surface area contributed by atoms with E-state index in [1.54, 1.807) is 0 Å². The van der Waals surface area contributed by atoms with Crippen LogP contribution in [0.3, 0.4) is 0 Å². The number of benzene rings is 1. The van der Waals surface area contributed by atoms with Crippen molar-refractivity contribution in [3.05, 3.63) is 29.3 Å². The van der Waals surface area contributed by atoms with Crippen LogP contribution in [0.5, 0.6) is 0 Å². The van der Waals surface area contributed by atoms with Gasteiger partial charge in [-0.3, -0.25) is 0 Å². The Morgan fingerprint density at radius 2 is 1.47 bits per heavy atom. The molecule has 0 radical (unpaired) electrons. The van der Waals surface area contributed by atoms with E-state index in [1.807, 2.05) is 0 Å². The van der Waals surface area contributed by atoms with E-state index in [9.17, 15) is 0 Å². The molecule has 0 saturated carbocycles. The minimum atomic E-state index is 0.510. The molecule has 0 saturated heterocycles. The van der Waals surface area contributed by atoms with Crippen molar-refractivity contribution in [3.63, 3.8) is 0 Å². The first kappa shape index (κ1) is 14.3. The normalized spacial score (nSPS) is 11.6. The molecule has 17 heavy (non-hydrogen) atoms. The van der Waals surface area contributed by atoms with Crippen LogP contribution in [-0.4, -0.2) is 24.7 Å². The summed E-state index contributed by atoms with van der Waals surface area (Å²) in [7, 11) is 2.24. The Morgan fingerprint density at radius 3 is 1.82 bits per heavy atom. The third-order valence-corrected chi connectivity index (χ3v) is 3.72. The highest BCUT2D eigenvalue weighted by Gasteiger charge is 2.29. The highest BCUT2D eigenvalue weighted by atomic mass is 15.1. The Morgan fingerprint density at radius 1 is 1.00 bits per heavy atom. The van der Waals surface area contributed by atoms with Gasteiger partial charge in [-0.25, -0.2) is 0 Å². The molecule has 0 atom stereocenters. The summed E-state index contributed by atoms with van der Waals surface area (Å²) in [5, 5.41) is 0. The van der Waals surface area contributed by atoms with Gasteiger partial charge in [-0.1, -0.05) is 62.5 Å². The molecule has 0 aliphatic rings. The minimum Gasteiger partial charge on any atom is -0.338 e. The average molecular weight is 231 g/mol. The van der Waals surface area contributed by atoms with Crippen molar-refractivity contribution in [3.8, 4) is 0 Å². The third-order valence-electron chi connectivity index (χ3n) is 3.72. The Bertz CT molecular complexity index is 351. The van der Waals surface area contributed by atoms with Crippen molar-refractivity contribution in [2.75, 3.05) is 7.05 Å². The van der Waals surface area contributed by atoms with Crippen LogP contribution in [0, 0.1) is 13.8 Å². The first-order valence-electron chi connectivity index (χ1n) is 6.64. The molecule has 2 heteroatoms. The van der Waals surface area contributed by atoms with Gasteiger partial charge in [0.15, 0.2) is 0 Å².